The zero-order valence-corrected chi connectivity index (χ0v) is 8.03. The Balaban J connectivity index is -0.0000000150. The first-order valence-corrected chi connectivity index (χ1v) is 2.09. The van der Waals surface area contributed by atoms with Crippen molar-refractivity contribution in [1.82, 2.24) is 0 Å². The minimum Gasteiger partial charge on any atom is -0.557 e. The van der Waals surface area contributed by atoms with Crippen LogP contribution in [0.4, 0.5) is 0 Å². The van der Waals surface area contributed by atoms with Crippen molar-refractivity contribution in [3.8, 4) is 0 Å². The first-order chi connectivity index (χ1) is 4.24. The van der Waals surface area contributed by atoms with E-state index in [1.54, 1.807) is 0 Å². The van der Waals surface area contributed by atoms with Crippen LogP contribution in [0.25, 0.3) is 0 Å². The van der Waals surface area contributed by atoms with Crippen LogP contribution in [-0.4, -0.2) is 21.3 Å². The van der Waals surface area contributed by atoms with Gasteiger partial charge in [0.15, 0.2) is 0 Å². The van der Waals surface area contributed by atoms with E-state index in [-0.39, 0.29) is 24.8 Å². The van der Waals surface area contributed by atoms with Gasteiger partial charge in [0.1, 0.15) is 0 Å². The maximum atomic E-state index is 4.00. The Hall–Kier alpha value is 0.412. The molecule has 0 saturated carbocycles. The molecule has 71 valence electrons. The molecule has 0 bridgehead atoms. The van der Waals surface area contributed by atoms with Crippen LogP contribution >= 0.6 is 0 Å². The Bertz CT molecular complexity index is 18.4. The van der Waals surface area contributed by atoms with E-state index in [1.165, 1.54) is 21.3 Å². The van der Waals surface area contributed by atoms with Gasteiger partial charge < -0.3 is 14.2 Å². The summed E-state index contributed by atoms with van der Waals surface area (Å²) in [5, 5.41) is 0. The molecule has 0 aromatic heterocycles. The molecule has 0 saturated heterocycles. The standard InChI is InChI=1S/3C2H5O.CH4.Cr/c3*1-3-2;;/h3*1H2,2H3;1H4;/q3*-1;;+3. The summed E-state index contributed by atoms with van der Waals surface area (Å²) in [5.74, 6) is 0. The van der Waals surface area contributed by atoms with E-state index in [1.807, 2.05) is 0 Å². The summed E-state index contributed by atoms with van der Waals surface area (Å²) in [5.41, 5.74) is 0. The summed E-state index contributed by atoms with van der Waals surface area (Å²) >= 11 is 0. The van der Waals surface area contributed by atoms with Gasteiger partial charge in [-0.25, -0.2) is 21.3 Å². The predicted octanol–water partition coefficient (Wildman–Crippen LogP) is 1.91. The molecule has 0 fully saturated rings. The van der Waals surface area contributed by atoms with Crippen LogP contribution in [0, 0.1) is 21.3 Å². The largest absolute Gasteiger partial charge is 3.00 e. The number of hydrogen-bond acceptors (Lipinski definition) is 3. The van der Waals surface area contributed by atoms with Gasteiger partial charge >= 0.3 is 17.4 Å². The van der Waals surface area contributed by atoms with E-state index in [9.17, 15) is 0 Å². The van der Waals surface area contributed by atoms with E-state index in [4.69, 9.17) is 0 Å². The summed E-state index contributed by atoms with van der Waals surface area (Å²) in [7, 11) is 13.5. The van der Waals surface area contributed by atoms with E-state index in [2.05, 4.69) is 35.5 Å². The second-order valence-electron chi connectivity index (χ2n) is 0.866. The summed E-state index contributed by atoms with van der Waals surface area (Å²) in [4.78, 5) is 0. The van der Waals surface area contributed by atoms with Crippen LogP contribution in [0.2, 0.25) is 0 Å². The molecule has 0 aromatic rings. The number of methoxy groups -OCH3 is 3. The fourth-order valence-corrected chi connectivity index (χ4v) is 0. The minimum absolute atomic E-state index is 0. The molecule has 0 amide bonds. The number of rotatable bonds is 0. The topological polar surface area (TPSA) is 27.7 Å². The SMILES string of the molecule is C.[CH2-]OC.[CH2-]OC.[CH2-]OC.[Cr+3]. The van der Waals surface area contributed by atoms with Crippen LogP contribution in [-0.2, 0) is 31.6 Å². The van der Waals surface area contributed by atoms with Crippen molar-refractivity contribution in [2.24, 2.45) is 0 Å². The third-order valence-corrected chi connectivity index (χ3v) is 0. The second kappa shape index (κ2) is 79.2. The molecule has 0 rings (SSSR count). The van der Waals surface area contributed by atoms with Gasteiger partial charge in [0, 0.05) is 0 Å². The zero-order chi connectivity index (χ0) is 8.12. The van der Waals surface area contributed by atoms with Gasteiger partial charge in [-0.2, -0.15) is 0 Å². The van der Waals surface area contributed by atoms with Crippen LogP contribution in [0.5, 0.6) is 0 Å². The zero-order valence-electron chi connectivity index (χ0n) is 6.75. The number of hydrogen-bond donors (Lipinski definition) is 0. The van der Waals surface area contributed by atoms with Gasteiger partial charge in [-0.15, -0.1) is 0 Å². The molecule has 3 nitrogen and oxygen atoms in total. The van der Waals surface area contributed by atoms with Crippen molar-refractivity contribution < 1.29 is 31.6 Å². The molecule has 1 radical (unpaired) electrons. The molecular weight excluding hydrogens is 184 g/mol. The molecule has 11 heavy (non-hydrogen) atoms. The van der Waals surface area contributed by atoms with Crippen molar-refractivity contribution >= 4 is 0 Å². The van der Waals surface area contributed by atoms with Gasteiger partial charge in [-0.05, 0) is 21.3 Å². The molecule has 0 aromatic carbocycles. The van der Waals surface area contributed by atoms with Gasteiger partial charge in [-0.1, -0.05) is 7.43 Å². The number of ether oxygens (including phenoxy) is 3. The first kappa shape index (κ1) is 30.1. The molecule has 0 aliphatic heterocycles. The van der Waals surface area contributed by atoms with Crippen molar-refractivity contribution in [3.05, 3.63) is 21.3 Å². The van der Waals surface area contributed by atoms with Crippen molar-refractivity contribution in [3.63, 3.8) is 0 Å². The quantitative estimate of drug-likeness (QED) is 0.563. The van der Waals surface area contributed by atoms with Gasteiger partial charge in [0.2, 0.25) is 0 Å². The molecule has 0 N–H and O–H groups in total. The average molecular weight is 203 g/mol. The third kappa shape index (κ3) is 4330. The Morgan fingerprint density at radius 2 is 0.727 bits per heavy atom. The fourth-order valence-electron chi connectivity index (χ4n) is 0. The smallest absolute Gasteiger partial charge is 0.557 e. The molecule has 0 unspecified atom stereocenters. The van der Waals surface area contributed by atoms with Crippen LogP contribution < -0.4 is 0 Å². The van der Waals surface area contributed by atoms with E-state index >= 15 is 0 Å². The summed E-state index contributed by atoms with van der Waals surface area (Å²) in [6, 6.07) is 0. The van der Waals surface area contributed by atoms with Gasteiger partial charge in [0.05, 0.1) is 0 Å². The second-order valence-corrected chi connectivity index (χ2v) is 0.866. The fraction of sp³-hybridized carbons (Fsp3) is 0.571. The van der Waals surface area contributed by atoms with Crippen LogP contribution in [0.15, 0.2) is 0 Å². The normalized spacial score (nSPS) is 4.91. The first-order valence-electron chi connectivity index (χ1n) is 2.09. The molecule has 0 heterocycles. The maximum Gasteiger partial charge on any atom is 3.00 e. The predicted molar refractivity (Wildman–Crippen MR) is 43.8 cm³/mol. The van der Waals surface area contributed by atoms with Crippen LogP contribution in [0.3, 0.4) is 0 Å². The van der Waals surface area contributed by atoms with Crippen LogP contribution in [0.1, 0.15) is 7.43 Å². The van der Waals surface area contributed by atoms with Crippen molar-refractivity contribution in [2.45, 2.75) is 7.43 Å². The Kier molecular flexibility index (Phi) is 217. The van der Waals surface area contributed by atoms with Crippen molar-refractivity contribution in [2.75, 3.05) is 21.3 Å². The summed E-state index contributed by atoms with van der Waals surface area (Å²) in [6.45, 7) is 0. The average Bonchev–Trinajstić information content (AvgIpc) is 1.70. The van der Waals surface area contributed by atoms with E-state index < -0.39 is 0 Å². The Morgan fingerprint density at radius 3 is 0.727 bits per heavy atom. The molecule has 0 aliphatic rings. The van der Waals surface area contributed by atoms with Gasteiger partial charge in [-0.3, -0.25) is 0 Å². The minimum atomic E-state index is 0. The molecular formula is C7H19CrO3. The molecule has 0 aliphatic carbocycles. The van der Waals surface area contributed by atoms with Crippen molar-refractivity contribution in [1.29, 1.82) is 0 Å². The van der Waals surface area contributed by atoms with E-state index in [0.717, 1.165) is 0 Å². The summed E-state index contributed by atoms with van der Waals surface area (Å²) < 4.78 is 12.0. The molecule has 0 atom stereocenters. The molecule has 0 spiro atoms. The summed E-state index contributed by atoms with van der Waals surface area (Å²) in [6.07, 6.45) is 0. The molecule has 4 heteroatoms. The maximum absolute atomic E-state index is 4.00. The van der Waals surface area contributed by atoms with Gasteiger partial charge in [0.25, 0.3) is 0 Å². The third-order valence-electron chi connectivity index (χ3n) is 0. The van der Waals surface area contributed by atoms with E-state index in [0.29, 0.717) is 0 Å². The Labute approximate surface area is 82.2 Å². The Morgan fingerprint density at radius 1 is 0.727 bits per heavy atom. The monoisotopic (exact) mass is 203 g/mol.